The summed E-state index contributed by atoms with van der Waals surface area (Å²) in [5.41, 5.74) is 0.673. The molecule has 5 nitrogen and oxygen atoms in total. The highest BCUT2D eigenvalue weighted by Crippen LogP contribution is 2.30. The molecule has 1 N–H and O–H groups in total. The number of nitrogens with one attached hydrogen (secondary N) is 1. The van der Waals surface area contributed by atoms with Crippen molar-refractivity contribution in [3.05, 3.63) is 48.5 Å². The zero-order valence-electron chi connectivity index (χ0n) is 14.4. The highest BCUT2D eigenvalue weighted by molar-refractivity contribution is 5.94. The molecule has 25 heavy (non-hydrogen) atoms. The standard InChI is InChI=1S/C20H25N3O2/c24-20(22-18-9-4-10-19(18)23-12-11-21-14-23)15-5-3-8-17(13-15)25-16-6-1-2-7-16/h3,5,8,11-14,16,18-19H,1-2,4,6-7,9-10H2,(H,22,24)/t18-,19+/m1/s1. The summed E-state index contributed by atoms with van der Waals surface area (Å²) >= 11 is 0. The molecular formula is C20H25N3O2. The molecule has 1 heterocycles. The number of carbonyl (C=O) groups excluding carboxylic acids is 1. The van der Waals surface area contributed by atoms with Crippen LogP contribution in [0.2, 0.25) is 0 Å². The van der Waals surface area contributed by atoms with Crippen LogP contribution in [0.4, 0.5) is 0 Å². The smallest absolute Gasteiger partial charge is 0.251 e. The number of rotatable bonds is 5. The first-order valence-corrected chi connectivity index (χ1v) is 9.34. The maximum Gasteiger partial charge on any atom is 0.251 e. The van der Waals surface area contributed by atoms with E-state index in [4.69, 9.17) is 4.74 Å². The quantitative estimate of drug-likeness (QED) is 0.903. The fourth-order valence-corrected chi connectivity index (χ4v) is 4.09. The van der Waals surface area contributed by atoms with E-state index in [0.717, 1.165) is 37.9 Å². The van der Waals surface area contributed by atoms with E-state index in [9.17, 15) is 4.79 Å². The third-order valence-corrected chi connectivity index (χ3v) is 5.40. The van der Waals surface area contributed by atoms with Crippen LogP contribution < -0.4 is 10.1 Å². The molecule has 2 aliphatic rings. The van der Waals surface area contributed by atoms with Crippen LogP contribution in [0.25, 0.3) is 0 Å². The van der Waals surface area contributed by atoms with Crippen molar-refractivity contribution in [1.82, 2.24) is 14.9 Å². The SMILES string of the molecule is O=C(N[C@@H]1CCC[C@@H]1n1ccnc1)c1cccc(OC2CCCC2)c1. The molecule has 2 saturated carbocycles. The molecular weight excluding hydrogens is 314 g/mol. The number of imidazole rings is 1. The molecule has 2 aromatic rings. The second kappa shape index (κ2) is 7.30. The highest BCUT2D eigenvalue weighted by Gasteiger charge is 2.30. The molecule has 0 saturated heterocycles. The second-order valence-corrected chi connectivity index (χ2v) is 7.14. The zero-order chi connectivity index (χ0) is 17.1. The molecule has 1 amide bonds. The topological polar surface area (TPSA) is 56.2 Å². The van der Waals surface area contributed by atoms with Gasteiger partial charge in [0.1, 0.15) is 5.75 Å². The van der Waals surface area contributed by atoms with Gasteiger partial charge in [-0.05, 0) is 63.1 Å². The van der Waals surface area contributed by atoms with Crippen LogP contribution >= 0.6 is 0 Å². The van der Waals surface area contributed by atoms with E-state index in [2.05, 4.69) is 14.9 Å². The number of hydrogen-bond acceptors (Lipinski definition) is 3. The van der Waals surface area contributed by atoms with Gasteiger partial charge in [-0.1, -0.05) is 6.07 Å². The average molecular weight is 339 g/mol. The molecule has 5 heteroatoms. The van der Waals surface area contributed by atoms with Gasteiger partial charge >= 0.3 is 0 Å². The number of nitrogens with zero attached hydrogens (tertiary/aromatic N) is 2. The molecule has 1 aromatic heterocycles. The predicted octanol–water partition coefficient (Wildman–Crippen LogP) is 3.73. The van der Waals surface area contributed by atoms with E-state index in [1.807, 2.05) is 36.8 Å². The number of hydrogen-bond donors (Lipinski definition) is 1. The first kappa shape index (κ1) is 16.2. The molecule has 1 aromatic carbocycles. The number of carbonyl (C=O) groups is 1. The van der Waals surface area contributed by atoms with Crippen LogP contribution in [0.1, 0.15) is 61.3 Å². The predicted molar refractivity (Wildman–Crippen MR) is 95.7 cm³/mol. The van der Waals surface area contributed by atoms with Gasteiger partial charge in [0.15, 0.2) is 0 Å². The molecule has 0 unspecified atom stereocenters. The first-order valence-electron chi connectivity index (χ1n) is 9.34. The summed E-state index contributed by atoms with van der Waals surface area (Å²) in [5.74, 6) is 0.783. The van der Waals surface area contributed by atoms with E-state index in [-0.39, 0.29) is 11.9 Å². The van der Waals surface area contributed by atoms with E-state index < -0.39 is 0 Å². The minimum absolute atomic E-state index is 0.0195. The van der Waals surface area contributed by atoms with Gasteiger partial charge in [0.05, 0.1) is 18.5 Å². The summed E-state index contributed by atoms with van der Waals surface area (Å²) in [6.45, 7) is 0. The van der Waals surface area contributed by atoms with Crippen LogP contribution in [0.5, 0.6) is 5.75 Å². The highest BCUT2D eigenvalue weighted by atomic mass is 16.5. The van der Waals surface area contributed by atoms with Crippen LogP contribution in [-0.2, 0) is 0 Å². The van der Waals surface area contributed by atoms with E-state index in [1.165, 1.54) is 12.8 Å². The molecule has 0 spiro atoms. The number of ether oxygens (including phenoxy) is 1. The number of aromatic nitrogens is 2. The van der Waals surface area contributed by atoms with Crippen LogP contribution in [0.3, 0.4) is 0 Å². The summed E-state index contributed by atoms with van der Waals surface area (Å²) in [5, 5.41) is 3.21. The fourth-order valence-electron chi connectivity index (χ4n) is 4.09. The van der Waals surface area contributed by atoms with Crippen molar-refractivity contribution in [2.24, 2.45) is 0 Å². The van der Waals surface area contributed by atoms with Crippen LogP contribution in [0.15, 0.2) is 43.0 Å². The van der Waals surface area contributed by atoms with Gasteiger partial charge in [0.25, 0.3) is 5.91 Å². The largest absolute Gasteiger partial charge is 0.490 e. The molecule has 132 valence electrons. The van der Waals surface area contributed by atoms with E-state index in [0.29, 0.717) is 17.7 Å². The normalized spacial score (nSPS) is 23.7. The lowest BCUT2D eigenvalue weighted by molar-refractivity contribution is 0.0928. The lowest BCUT2D eigenvalue weighted by atomic mass is 10.1. The van der Waals surface area contributed by atoms with Gasteiger partial charge < -0.3 is 14.6 Å². The van der Waals surface area contributed by atoms with E-state index in [1.54, 1.807) is 6.20 Å². The van der Waals surface area contributed by atoms with Gasteiger partial charge in [0.2, 0.25) is 0 Å². The van der Waals surface area contributed by atoms with Gasteiger partial charge in [-0.3, -0.25) is 4.79 Å². The van der Waals surface area contributed by atoms with Gasteiger partial charge in [-0.25, -0.2) is 4.98 Å². The Morgan fingerprint density at radius 1 is 1.16 bits per heavy atom. The van der Waals surface area contributed by atoms with E-state index >= 15 is 0 Å². The van der Waals surface area contributed by atoms with Gasteiger partial charge in [-0.2, -0.15) is 0 Å². The summed E-state index contributed by atoms with van der Waals surface area (Å²) in [4.78, 5) is 16.8. The lowest BCUT2D eigenvalue weighted by Crippen LogP contribution is -2.38. The zero-order valence-corrected chi connectivity index (χ0v) is 14.4. The number of benzene rings is 1. The molecule has 2 atom stereocenters. The minimum Gasteiger partial charge on any atom is -0.490 e. The molecule has 0 radical (unpaired) electrons. The molecule has 4 rings (SSSR count). The Bertz CT molecular complexity index is 707. The summed E-state index contributed by atoms with van der Waals surface area (Å²) in [6.07, 6.45) is 13.8. The Hall–Kier alpha value is -2.30. The Morgan fingerprint density at radius 2 is 2.04 bits per heavy atom. The summed E-state index contributed by atoms with van der Waals surface area (Å²) in [6, 6.07) is 8.03. The molecule has 0 bridgehead atoms. The molecule has 2 aliphatic carbocycles. The van der Waals surface area contributed by atoms with Crippen molar-refractivity contribution in [2.75, 3.05) is 0 Å². The summed E-state index contributed by atoms with van der Waals surface area (Å²) in [7, 11) is 0. The van der Waals surface area contributed by atoms with Gasteiger partial charge in [0, 0.05) is 24.0 Å². The average Bonchev–Trinajstić information content (AvgIpc) is 3.37. The molecule has 0 aliphatic heterocycles. The second-order valence-electron chi connectivity index (χ2n) is 7.14. The van der Waals surface area contributed by atoms with Crippen molar-refractivity contribution < 1.29 is 9.53 Å². The number of amides is 1. The summed E-state index contributed by atoms with van der Waals surface area (Å²) < 4.78 is 8.13. The Balaban J connectivity index is 1.42. The van der Waals surface area contributed by atoms with Crippen LogP contribution in [-0.4, -0.2) is 27.6 Å². The third kappa shape index (κ3) is 3.70. The van der Waals surface area contributed by atoms with Crippen molar-refractivity contribution in [3.63, 3.8) is 0 Å². The lowest BCUT2D eigenvalue weighted by Gasteiger charge is -2.22. The maximum absolute atomic E-state index is 12.7. The van der Waals surface area contributed by atoms with Crippen molar-refractivity contribution >= 4 is 5.91 Å². The van der Waals surface area contributed by atoms with Gasteiger partial charge in [-0.15, -0.1) is 0 Å². The molecule has 2 fully saturated rings. The fraction of sp³-hybridized carbons (Fsp3) is 0.500. The first-order chi connectivity index (χ1) is 12.3. The Labute approximate surface area is 148 Å². The van der Waals surface area contributed by atoms with Crippen molar-refractivity contribution in [2.45, 2.75) is 63.1 Å². The Morgan fingerprint density at radius 3 is 2.84 bits per heavy atom. The van der Waals surface area contributed by atoms with Crippen molar-refractivity contribution in [3.8, 4) is 5.75 Å². The van der Waals surface area contributed by atoms with Crippen LogP contribution in [0, 0.1) is 0 Å². The maximum atomic E-state index is 12.7. The monoisotopic (exact) mass is 339 g/mol. The van der Waals surface area contributed by atoms with Crippen molar-refractivity contribution in [1.29, 1.82) is 0 Å². The minimum atomic E-state index is -0.0195. The Kier molecular flexibility index (Phi) is 4.72. The third-order valence-electron chi connectivity index (χ3n) is 5.40.